The molecule has 2 N–H and O–H groups in total. The highest BCUT2D eigenvalue weighted by Crippen LogP contribution is 2.22. The zero-order valence-electron chi connectivity index (χ0n) is 10.6. The van der Waals surface area contributed by atoms with Crippen LogP contribution < -0.4 is 5.73 Å². The van der Waals surface area contributed by atoms with Crippen LogP contribution in [0.3, 0.4) is 0 Å². The summed E-state index contributed by atoms with van der Waals surface area (Å²) in [4.78, 5) is 3.96. The molecule has 0 radical (unpaired) electrons. The number of alkyl halides is 3. The molecule has 8 heteroatoms. The molecule has 5 nitrogen and oxygen atoms in total. The Morgan fingerprint density at radius 3 is 2.75 bits per heavy atom. The lowest BCUT2D eigenvalue weighted by atomic mass is 10.1. The number of hydrogen-bond acceptors (Lipinski definition) is 5. The first kappa shape index (κ1) is 14.3. The number of aryl methyl sites for hydroxylation is 1. The molecule has 0 aliphatic heterocycles. The lowest BCUT2D eigenvalue weighted by molar-refractivity contribution is -0.177. The third-order valence-corrected chi connectivity index (χ3v) is 2.48. The molecule has 0 aliphatic carbocycles. The highest BCUT2D eigenvalue weighted by Gasteiger charge is 2.27. The van der Waals surface area contributed by atoms with Gasteiger partial charge in [0.05, 0.1) is 0 Å². The van der Waals surface area contributed by atoms with Gasteiger partial charge in [-0.15, -0.1) is 0 Å². The van der Waals surface area contributed by atoms with Crippen LogP contribution >= 0.6 is 0 Å². The zero-order valence-corrected chi connectivity index (χ0v) is 10.6. The largest absolute Gasteiger partial charge is 0.411 e. The van der Waals surface area contributed by atoms with E-state index in [0.29, 0.717) is 11.3 Å². The zero-order chi connectivity index (χ0) is 14.8. The van der Waals surface area contributed by atoms with Gasteiger partial charge in [-0.05, 0) is 30.7 Å². The van der Waals surface area contributed by atoms with E-state index >= 15 is 0 Å². The van der Waals surface area contributed by atoms with E-state index in [-0.39, 0.29) is 18.3 Å². The summed E-state index contributed by atoms with van der Waals surface area (Å²) in [6, 6.07) is 5.13. The Labute approximate surface area is 112 Å². The van der Waals surface area contributed by atoms with E-state index in [1.54, 1.807) is 18.2 Å². The summed E-state index contributed by atoms with van der Waals surface area (Å²) in [5.41, 5.74) is 7.80. The Hall–Kier alpha value is -2.09. The van der Waals surface area contributed by atoms with Crippen LogP contribution in [-0.2, 0) is 11.3 Å². The minimum absolute atomic E-state index is 0.0544. The van der Waals surface area contributed by atoms with Crippen molar-refractivity contribution < 1.29 is 22.4 Å². The molecule has 0 amide bonds. The van der Waals surface area contributed by atoms with Crippen molar-refractivity contribution in [3.8, 4) is 11.5 Å². The number of aromatic nitrogens is 2. The molecule has 108 valence electrons. The molecule has 0 unspecified atom stereocenters. The maximum atomic E-state index is 11.9. The van der Waals surface area contributed by atoms with Crippen molar-refractivity contribution in [3.63, 3.8) is 0 Å². The van der Waals surface area contributed by atoms with Gasteiger partial charge in [0.15, 0.2) is 5.82 Å². The van der Waals surface area contributed by atoms with E-state index in [1.165, 1.54) is 0 Å². The molecule has 0 bridgehead atoms. The molecule has 1 aromatic heterocycles. The van der Waals surface area contributed by atoms with Gasteiger partial charge in [0.2, 0.25) is 0 Å². The SMILES string of the molecule is Cc1cc(-c2nc(COCC(F)(F)F)no2)ccc1N. The molecular formula is C12H12F3N3O2. The second kappa shape index (κ2) is 5.49. The number of ether oxygens (including phenoxy) is 1. The third-order valence-electron chi connectivity index (χ3n) is 2.48. The quantitative estimate of drug-likeness (QED) is 0.875. The summed E-state index contributed by atoms with van der Waals surface area (Å²) in [7, 11) is 0. The molecule has 0 atom stereocenters. The van der Waals surface area contributed by atoms with Crippen molar-refractivity contribution in [1.29, 1.82) is 0 Å². The number of nitrogens with two attached hydrogens (primary N) is 1. The predicted octanol–water partition coefficient (Wildman–Crippen LogP) is 2.71. The molecule has 2 rings (SSSR count). The maximum absolute atomic E-state index is 11.9. The van der Waals surface area contributed by atoms with Crippen LogP contribution in [0, 0.1) is 6.92 Å². The van der Waals surface area contributed by atoms with Crippen molar-refractivity contribution in [2.24, 2.45) is 0 Å². The van der Waals surface area contributed by atoms with Crippen molar-refractivity contribution in [3.05, 3.63) is 29.6 Å². The van der Waals surface area contributed by atoms with Crippen molar-refractivity contribution in [2.45, 2.75) is 19.7 Å². The molecule has 1 heterocycles. The fourth-order valence-electron chi connectivity index (χ4n) is 1.50. The molecule has 1 aromatic carbocycles. The van der Waals surface area contributed by atoms with Crippen LogP contribution in [-0.4, -0.2) is 22.9 Å². The number of halogens is 3. The molecule has 0 fully saturated rings. The summed E-state index contributed by atoms with van der Waals surface area (Å²) in [5, 5.41) is 3.55. The Kier molecular flexibility index (Phi) is 3.93. The fourth-order valence-corrected chi connectivity index (χ4v) is 1.50. The average Bonchev–Trinajstić information content (AvgIpc) is 2.80. The first-order valence-electron chi connectivity index (χ1n) is 5.69. The van der Waals surface area contributed by atoms with Crippen molar-refractivity contribution in [2.75, 3.05) is 12.3 Å². The monoisotopic (exact) mass is 287 g/mol. The second-order valence-electron chi connectivity index (χ2n) is 4.20. The number of nitrogen functional groups attached to an aromatic ring is 1. The molecule has 2 aromatic rings. The standard InChI is InChI=1S/C12H12F3N3O2/c1-7-4-8(2-3-9(7)16)11-17-10(18-20-11)5-19-6-12(13,14)15/h2-4H,5-6,16H2,1H3. The molecule has 20 heavy (non-hydrogen) atoms. The van der Waals surface area contributed by atoms with Gasteiger partial charge in [0.25, 0.3) is 5.89 Å². The van der Waals surface area contributed by atoms with Crippen LogP contribution in [0.5, 0.6) is 0 Å². The molecule has 0 saturated carbocycles. The lowest BCUT2D eigenvalue weighted by Crippen LogP contribution is -2.16. The van der Waals surface area contributed by atoms with Crippen LogP contribution in [0.4, 0.5) is 18.9 Å². The Morgan fingerprint density at radius 1 is 1.35 bits per heavy atom. The van der Waals surface area contributed by atoms with Gasteiger partial charge in [0.1, 0.15) is 13.2 Å². The minimum atomic E-state index is -4.37. The molecular weight excluding hydrogens is 275 g/mol. The first-order chi connectivity index (χ1) is 9.35. The number of hydrogen-bond donors (Lipinski definition) is 1. The third kappa shape index (κ3) is 3.70. The minimum Gasteiger partial charge on any atom is -0.399 e. The summed E-state index contributed by atoms with van der Waals surface area (Å²) < 4.78 is 45.1. The van der Waals surface area contributed by atoms with Crippen molar-refractivity contribution >= 4 is 5.69 Å². The Bertz CT molecular complexity index is 596. The number of nitrogens with zero attached hydrogens (tertiary/aromatic N) is 2. The smallest absolute Gasteiger partial charge is 0.399 e. The summed E-state index contributed by atoms with van der Waals surface area (Å²) in [6.45, 7) is 0.109. The number of benzene rings is 1. The van der Waals surface area contributed by atoms with E-state index in [4.69, 9.17) is 10.3 Å². The van der Waals surface area contributed by atoms with Crippen molar-refractivity contribution in [1.82, 2.24) is 10.1 Å². The summed E-state index contributed by atoms with van der Waals surface area (Å²) >= 11 is 0. The Morgan fingerprint density at radius 2 is 2.10 bits per heavy atom. The van der Waals surface area contributed by atoms with Crippen LogP contribution in [0.2, 0.25) is 0 Å². The molecule has 0 spiro atoms. The fraction of sp³-hybridized carbons (Fsp3) is 0.333. The van der Waals surface area contributed by atoms with Crippen LogP contribution in [0.25, 0.3) is 11.5 Å². The van der Waals surface area contributed by atoms with E-state index in [9.17, 15) is 13.2 Å². The van der Waals surface area contributed by atoms with Gasteiger partial charge in [0, 0.05) is 11.3 Å². The van der Waals surface area contributed by atoms with Gasteiger partial charge in [-0.1, -0.05) is 5.16 Å². The van der Waals surface area contributed by atoms with Gasteiger partial charge in [-0.2, -0.15) is 18.2 Å². The normalized spacial score (nSPS) is 11.8. The van der Waals surface area contributed by atoms with E-state index in [0.717, 1.165) is 5.56 Å². The van der Waals surface area contributed by atoms with Gasteiger partial charge >= 0.3 is 6.18 Å². The highest BCUT2D eigenvalue weighted by atomic mass is 19.4. The number of anilines is 1. The summed E-state index contributed by atoms with van der Waals surface area (Å²) in [5.74, 6) is 0.262. The lowest BCUT2D eigenvalue weighted by Gasteiger charge is -2.04. The molecule has 0 aliphatic rings. The summed E-state index contributed by atoms with van der Waals surface area (Å²) in [6.07, 6.45) is -4.37. The van der Waals surface area contributed by atoms with Gasteiger partial charge in [-0.25, -0.2) is 0 Å². The molecule has 0 saturated heterocycles. The maximum Gasteiger partial charge on any atom is 0.411 e. The average molecular weight is 287 g/mol. The van der Waals surface area contributed by atoms with Gasteiger partial charge < -0.3 is 15.0 Å². The van der Waals surface area contributed by atoms with Crippen LogP contribution in [0.1, 0.15) is 11.4 Å². The topological polar surface area (TPSA) is 74.2 Å². The highest BCUT2D eigenvalue weighted by molar-refractivity contribution is 5.60. The van der Waals surface area contributed by atoms with E-state index in [1.807, 2.05) is 6.92 Å². The van der Waals surface area contributed by atoms with E-state index < -0.39 is 12.8 Å². The van der Waals surface area contributed by atoms with Crippen LogP contribution in [0.15, 0.2) is 22.7 Å². The second-order valence-corrected chi connectivity index (χ2v) is 4.20. The van der Waals surface area contributed by atoms with Gasteiger partial charge in [-0.3, -0.25) is 0 Å². The van der Waals surface area contributed by atoms with E-state index in [2.05, 4.69) is 14.9 Å². The first-order valence-corrected chi connectivity index (χ1v) is 5.69. The predicted molar refractivity (Wildman–Crippen MR) is 64.6 cm³/mol. The Balaban J connectivity index is 2.03. The number of rotatable bonds is 4.